The highest BCUT2D eigenvalue weighted by molar-refractivity contribution is 6.05. The highest BCUT2D eigenvalue weighted by Crippen LogP contribution is 2.91. The van der Waals surface area contributed by atoms with Crippen molar-refractivity contribution in [3.05, 3.63) is 47.9 Å². The highest BCUT2D eigenvalue weighted by atomic mass is 16.5. The molecule has 184 valence electrons. The van der Waals surface area contributed by atoms with Gasteiger partial charge < -0.3 is 15.2 Å². The van der Waals surface area contributed by atoms with Crippen LogP contribution in [0, 0.1) is 16.7 Å². The first-order valence-electron chi connectivity index (χ1n) is 12.7. The van der Waals surface area contributed by atoms with Gasteiger partial charge in [0.05, 0.1) is 31.0 Å². The summed E-state index contributed by atoms with van der Waals surface area (Å²) in [7, 11) is 1.60. The Kier molecular flexibility index (Phi) is 4.85. The molecule has 0 saturated heterocycles. The molecule has 0 aliphatic heterocycles. The van der Waals surface area contributed by atoms with Gasteiger partial charge in [-0.25, -0.2) is 4.98 Å². The molecule has 35 heavy (non-hydrogen) atoms. The number of hydrogen-bond donors (Lipinski definition) is 2. The van der Waals surface area contributed by atoms with Crippen LogP contribution in [-0.4, -0.2) is 39.5 Å². The number of hydrogen-bond acceptors (Lipinski definition) is 5. The number of anilines is 1. The number of amides is 1. The minimum Gasteiger partial charge on any atom is -0.494 e. The number of rotatable bonds is 6. The highest BCUT2D eigenvalue weighted by Gasteiger charge is 2.84. The zero-order chi connectivity index (χ0) is 24.6. The fraction of sp³-hybridized carbons (Fsp3) is 0.536. The predicted molar refractivity (Wildman–Crippen MR) is 135 cm³/mol. The number of aromatic nitrogens is 3. The van der Waals surface area contributed by atoms with Crippen molar-refractivity contribution in [2.24, 2.45) is 16.7 Å². The number of pyridine rings is 1. The van der Waals surface area contributed by atoms with Crippen molar-refractivity contribution in [1.29, 1.82) is 0 Å². The average Bonchev–Trinajstić information content (AvgIpc) is 3.61. The fourth-order valence-corrected chi connectivity index (χ4v) is 6.62. The number of benzene rings is 1. The smallest absolute Gasteiger partial charge is 0.274 e. The van der Waals surface area contributed by atoms with E-state index >= 15 is 0 Å². The first-order valence-corrected chi connectivity index (χ1v) is 12.7. The third-order valence-corrected chi connectivity index (χ3v) is 9.34. The van der Waals surface area contributed by atoms with Crippen LogP contribution in [0.1, 0.15) is 75.1 Å². The van der Waals surface area contributed by atoms with Crippen molar-refractivity contribution in [2.45, 2.75) is 64.3 Å². The zero-order valence-electron chi connectivity index (χ0n) is 21.0. The van der Waals surface area contributed by atoms with Crippen molar-refractivity contribution >= 4 is 22.5 Å². The quantitative estimate of drug-likeness (QED) is 0.519. The molecule has 7 nitrogen and oxygen atoms in total. The first kappa shape index (κ1) is 22.5. The lowest BCUT2D eigenvalue weighted by Gasteiger charge is -2.34. The summed E-state index contributed by atoms with van der Waals surface area (Å²) < 4.78 is 7.71. The lowest BCUT2D eigenvalue weighted by molar-refractivity contribution is 0.102. The second kappa shape index (κ2) is 7.53. The number of nitrogens with one attached hydrogen (secondary N) is 1. The molecule has 6 rings (SSSR count). The van der Waals surface area contributed by atoms with Gasteiger partial charge in [-0.05, 0) is 67.1 Å². The van der Waals surface area contributed by atoms with Crippen molar-refractivity contribution in [2.75, 3.05) is 19.0 Å². The van der Waals surface area contributed by atoms with E-state index in [4.69, 9.17) is 9.84 Å². The van der Waals surface area contributed by atoms with Gasteiger partial charge in [0.1, 0.15) is 11.4 Å². The van der Waals surface area contributed by atoms with Crippen LogP contribution in [-0.2, 0) is 5.41 Å². The van der Waals surface area contributed by atoms with Crippen LogP contribution in [0.15, 0.2) is 36.5 Å². The monoisotopic (exact) mass is 474 g/mol. The molecule has 1 amide bonds. The van der Waals surface area contributed by atoms with Gasteiger partial charge in [-0.15, -0.1) is 0 Å². The summed E-state index contributed by atoms with van der Waals surface area (Å²) in [5, 5.41) is 18.5. The van der Waals surface area contributed by atoms with Crippen molar-refractivity contribution < 1.29 is 14.6 Å². The summed E-state index contributed by atoms with van der Waals surface area (Å²) in [5.74, 6) is 1.24. The standard InChI is InChI=1S/C28H34N4O3/c1-26(2,16-33)24-7-5-6-19(29-24)25(34)30-21-12-17-15-32(31-20(17)13-22(21)35-4)18-8-10-28(11-9-18)23-14-27(23,28)3/h5-7,12-13,15,18,23,33H,8-11,14,16H2,1-4H3,(H,30,34). The molecule has 2 atom stereocenters. The van der Waals surface area contributed by atoms with Gasteiger partial charge in [-0.1, -0.05) is 26.8 Å². The van der Waals surface area contributed by atoms with Crippen LogP contribution in [0.3, 0.4) is 0 Å². The van der Waals surface area contributed by atoms with Gasteiger partial charge in [0, 0.05) is 28.8 Å². The minimum atomic E-state index is -0.530. The molecule has 3 fully saturated rings. The first-order chi connectivity index (χ1) is 16.7. The van der Waals surface area contributed by atoms with Crippen LogP contribution >= 0.6 is 0 Å². The van der Waals surface area contributed by atoms with Gasteiger partial charge in [0.25, 0.3) is 5.91 Å². The molecular formula is C28H34N4O3. The average molecular weight is 475 g/mol. The summed E-state index contributed by atoms with van der Waals surface area (Å²) in [6, 6.07) is 9.55. The lowest BCUT2D eigenvalue weighted by atomic mass is 9.74. The molecule has 2 unspecified atom stereocenters. The van der Waals surface area contributed by atoms with Crippen LogP contribution in [0.5, 0.6) is 5.75 Å². The molecule has 0 radical (unpaired) electrons. The van der Waals surface area contributed by atoms with E-state index < -0.39 is 5.41 Å². The molecule has 1 spiro atoms. The van der Waals surface area contributed by atoms with Crippen LogP contribution in [0.2, 0.25) is 0 Å². The summed E-state index contributed by atoms with van der Waals surface area (Å²) in [5.41, 5.74) is 3.20. The molecule has 3 aliphatic rings. The van der Waals surface area contributed by atoms with Crippen molar-refractivity contribution in [1.82, 2.24) is 14.8 Å². The number of ether oxygens (including phenoxy) is 1. The van der Waals surface area contributed by atoms with Gasteiger partial charge in [0.2, 0.25) is 0 Å². The summed E-state index contributed by atoms with van der Waals surface area (Å²) in [6.45, 7) is 6.21. The summed E-state index contributed by atoms with van der Waals surface area (Å²) in [4.78, 5) is 17.5. The number of aliphatic hydroxyl groups excluding tert-OH is 1. The Morgan fingerprint density at radius 2 is 2.03 bits per heavy atom. The Hall–Kier alpha value is -2.93. The predicted octanol–water partition coefficient (Wildman–Crippen LogP) is 5.10. The second-order valence-electron chi connectivity index (χ2n) is 11.7. The number of methoxy groups -OCH3 is 1. The fourth-order valence-electron chi connectivity index (χ4n) is 6.62. The molecule has 3 aromatic rings. The molecular weight excluding hydrogens is 440 g/mol. The summed E-state index contributed by atoms with van der Waals surface area (Å²) in [6.07, 6.45) is 8.55. The number of fused-ring (bicyclic) bond motifs is 4. The third-order valence-electron chi connectivity index (χ3n) is 9.34. The molecule has 1 aromatic carbocycles. The minimum absolute atomic E-state index is 0.0541. The molecule has 2 heterocycles. The Bertz CT molecular complexity index is 1320. The maximum Gasteiger partial charge on any atom is 0.274 e. The Balaban J connectivity index is 1.22. The van der Waals surface area contributed by atoms with Gasteiger partial charge in [0.15, 0.2) is 0 Å². The third kappa shape index (κ3) is 3.39. The number of aliphatic hydroxyl groups is 1. The van der Waals surface area contributed by atoms with Crippen LogP contribution in [0.4, 0.5) is 5.69 Å². The largest absolute Gasteiger partial charge is 0.494 e. The Labute approximate surface area is 205 Å². The van der Waals surface area contributed by atoms with Gasteiger partial charge in [-0.3, -0.25) is 9.48 Å². The van der Waals surface area contributed by atoms with E-state index in [1.54, 1.807) is 19.2 Å². The Morgan fingerprint density at radius 1 is 1.29 bits per heavy atom. The van der Waals surface area contributed by atoms with Crippen molar-refractivity contribution in [3.8, 4) is 5.75 Å². The number of nitrogens with zero attached hydrogens (tertiary/aromatic N) is 3. The van der Waals surface area contributed by atoms with E-state index in [0.29, 0.717) is 39.7 Å². The number of carbonyl (C=O) groups is 1. The van der Waals surface area contributed by atoms with E-state index in [1.165, 1.54) is 32.1 Å². The second-order valence-corrected chi connectivity index (χ2v) is 11.7. The molecule has 0 bridgehead atoms. The molecule has 3 aliphatic carbocycles. The Morgan fingerprint density at radius 3 is 2.66 bits per heavy atom. The van der Waals surface area contributed by atoms with Gasteiger partial charge in [-0.2, -0.15) is 5.10 Å². The topological polar surface area (TPSA) is 89.3 Å². The van der Waals surface area contributed by atoms with E-state index in [2.05, 4.69) is 28.1 Å². The molecule has 2 aromatic heterocycles. The van der Waals surface area contributed by atoms with Crippen LogP contribution in [0.25, 0.3) is 10.9 Å². The normalized spacial score (nSPS) is 29.2. The van der Waals surface area contributed by atoms with Crippen LogP contribution < -0.4 is 10.1 Å². The number of carbonyl (C=O) groups excluding carboxylic acids is 1. The molecule has 2 N–H and O–H groups in total. The van der Waals surface area contributed by atoms with E-state index in [-0.39, 0.29) is 12.5 Å². The van der Waals surface area contributed by atoms with E-state index in [1.807, 2.05) is 32.0 Å². The SMILES string of the molecule is COc1cc2nn(C3CCC4(CC3)C3CC34C)cc2cc1NC(=O)c1cccc(C(C)(C)CO)n1. The van der Waals surface area contributed by atoms with E-state index in [9.17, 15) is 9.90 Å². The maximum absolute atomic E-state index is 13.0. The maximum atomic E-state index is 13.0. The van der Waals surface area contributed by atoms with Crippen molar-refractivity contribution in [3.63, 3.8) is 0 Å². The molecule has 3 saturated carbocycles. The summed E-state index contributed by atoms with van der Waals surface area (Å²) >= 11 is 0. The van der Waals surface area contributed by atoms with E-state index in [0.717, 1.165) is 16.8 Å². The van der Waals surface area contributed by atoms with Gasteiger partial charge >= 0.3 is 0 Å². The molecule has 7 heteroatoms. The zero-order valence-corrected chi connectivity index (χ0v) is 21.0. The lowest BCUT2D eigenvalue weighted by Crippen LogP contribution is -2.25.